The predicted octanol–water partition coefficient (Wildman–Crippen LogP) is 9.29. The van der Waals surface area contributed by atoms with Crippen molar-refractivity contribution in [3.05, 3.63) is 149 Å². The lowest BCUT2D eigenvalue weighted by Crippen LogP contribution is -2.21. The number of allylic oxidation sites excluding steroid dienone is 14. The van der Waals surface area contributed by atoms with Gasteiger partial charge in [-0.25, -0.2) is 0 Å². The second kappa shape index (κ2) is 10.1. The maximum atomic E-state index is 4.13. The third-order valence-electron chi connectivity index (χ3n) is 6.87. The van der Waals surface area contributed by atoms with Crippen LogP contribution in [0.25, 0.3) is 16.7 Å². The third-order valence-corrected chi connectivity index (χ3v) is 6.87. The van der Waals surface area contributed by atoms with Crippen LogP contribution in [0.1, 0.15) is 30.5 Å². The fourth-order valence-electron chi connectivity index (χ4n) is 5.52. The minimum atomic E-state index is 0.335. The molecule has 0 saturated carbocycles. The van der Waals surface area contributed by atoms with Gasteiger partial charge in [-0.2, -0.15) is 0 Å². The van der Waals surface area contributed by atoms with E-state index in [9.17, 15) is 0 Å². The van der Waals surface area contributed by atoms with Crippen molar-refractivity contribution < 1.29 is 0 Å². The molecule has 3 aliphatic rings. The molecule has 2 unspecified atom stereocenters. The molecule has 0 heteroatoms. The lowest BCUT2D eigenvalue weighted by molar-refractivity contribution is 0.637. The molecular formula is C34H34. The van der Waals surface area contributed by atoms with Gasteiger partial charge in [0.15, 0.2) is 0 Å². The number of hydrogen-bond acceptors (Lipinski definition) is 0. The Balaban J connectivity index is 0.000000868. The Labute approximate surface area is 205 Å². The smallest absolute Gasteiger partial charge is 0.0205 e. The molecular weight excluding hydrogens is 408 g/mol. The van der Waals surface area contributed by atoms with Gasteiger partial charge in [0, 0.05) is 11.8 Å². The summed E-state index contributed by atoms with van der Waals surface area (Å²) in [5.74, 6) is 0.705. The van der Waals surface area contributed by atoms with E-state index in [2.05, 4.69) is 119 Å². The number of benzene rings is 2. The molecule has 34 heavy (non-hydrogen) atoms. The van der Waals surface area contributed by atoms with Crippen LogP contribution in [0.5, 0.6) is 0 Å². The SMILES string of the molecule is C=CC.C=CC1=C(/C=C\C)C2=CC=C(c3cccc(C)c3-c3ccccc3C)C3C=CC=C1C23. The van der Waals surface area contributed by atoms with E-state index in [4.69, 9.17) is 0 Å². The summed E-state index contributed by atoms with van der Waals surface area (Å²) in [6.45, 7) is 15.9. The van der Waals surface area contributed by atoms with E-state index in [1.807, 2.05) is 13.0 Å². The minimum absolute atomic E-state index is 0.335. The fraction of sp³-hybridized carbons (Fsp3) is 0.176. The van der Waals surface area contributed by atoms with Crippen LogP contribution >= 0.6 is 0 Å². The quantitative estimate of drug-likeness (QED) is 0.414. The molecule has 0 amide bonds. The Kier molecular flexibility index (Phi) is 6.98. The monoisotopic (exact) mass is 442 g/mol. The number of rotatable bonds is 4. The molecule has 0 N–H and O–H groups in total. The zero-order valence-corrected chi connectivity index (χ0v) is 20.8. The van der Waals surface area contributed by atoms with Gasteiger partial charge in [-0.3, -0.25) is 0 Å². The molecule has 0 fully saturated rings. The van der Waals surface area contributed by atoms with Crippen molar-refractivity contribution in [1.29, 1.82) is 0 Å². The Bertz CT molecular complexity index is 1310. The normalized spacial score (nSPS) is 20.2. The Hall–Kier alpha value is -3.64. The summed E-state index contributed by atoms with van der Waals surface area (Å²) in [6.07, 6.45) is 19.8. The van der Waals surface area contributed by atoms with Gasteiger partial charge in [0.2, 0.25) is 0 Å². The highest BCUT2D eigenvalue weighted by molar-refractivity contribution is 5.89. The molecule has 2 aromatic rings. The highest BCUT2D eigenvalue weighted by atomic mass is 14.4. The van der Waals surface area contributed by atoms with Crippen molar-refractivity contribution in [2.75, 3.05) is 0 Å². The van der Waals surface area contributed by atoms with Gasteiger partial charge in [0.25, 0.3) is 0 Å². The highest BCUT2D eigenvalue weighted by Gasteiger charge is 2.40. The van der Waals surface area contributed by atoms with Crippen LogP contribution < -0.4 is 0 Å². The van der Waals surface area contributed by atoms with Crippen LogP contribution in [0.2, 0.25) is 0 Å². The van der Waals surface area contributed by atoms with Crippen molar-refractivity contribution in [3.8, 4) is 11.1 Å². The minimum Gasteiger partial charge on any atom is -0.103 e. The van der Waals surface area contributed by atoms with E-state index in [0.29, 0.717) is 11.8 Å². The van der Waals surface area contributed by atoms with Gasteiger partial charge < -0.3 is 0 Å². The van der Waals surface area contributed by atoms with Crippen LogP contribution in [-0.2, 0) is 0 Å². The Morgan fingerprint density at radius 3 is 2.09 bits per heavy atom. The molecule has 3 aliphatic carbocycles. The zero-order chi connectivity index (χ0) is 24.2. The third kappa shape index (κ3) is 3.94. The fourth-order valence-corrected chi connectivity index (χ4v) is 5.52. The van der Waals surface area contributed by atoms with Crippen LogP contribution in [0.4, 0.5) is 0 Å². The average molecular weight is 443 g/mol. The van der Waals surface area contributed by atoms with Gasteiger partial charge >= 0.3 is 0 Å². The summed E-state index contributed by atoms with van der Waals surface area (Å²) >= 11 is 0. The highest BCUT2D eigenvalue weighted by Crippen LogP contribution is 2.54. The molecule has 170 valence electrons. The topological polar surface area (TPSA) is 0 Å². The summed E-state index contributed by atoms with van der Waals surface area (Å²) in [4.78, 5) is 0. The maximum absolute atomic E-state index is 4.13. The molecule has 0 aliphatic heterocycles. The molecule has 5 rings (SSSR count). The first-order valence-corrected chi connectivity index (χ1v) is 12.1. The van der Waals surface area contributed by atoms with E-state index in [1.54, 1.807) is 6.08 Å². The maximum Gasteiger partial charge on any atom is 0.0205 e. The van der Waals surface area contributed by atoms with E-state index >= 15 is 0 Å². The molecule has 2 aromatic carbocycles. The van der Waals surface area contributed by atoms with Gasteiger partial charge in [0.05, 0.1) is 0 Å². The van der Waals surface area contributed by atoms with Crippen molar-refractivity contribution >= 4 is 5.57 Å². The van der Waals surface area contributed by atoms with Crippen molar-refractivity contribution in [2.24, 2.45) is 11.8 Å². The summed E-state index contributed by atoms with van der Waals surface area (Å²) in [6, 6.07) is 15.5. The van der Waals surface area contributed by atoms with Crippen LogP contribution in [-0.4, -0.2) is 0 Å². The molecule has 0 heterocycles. The van der Waals surface area contributed by atoms with E-state index < -0.39 is 0 Å². The summed E-state index contributed by atoms with van der Waals surface area (Å²) in [5.41, 5.74) is 13.5. The second-order valence-corrected chi connectivity index (χ2v) is 9.01. The molecule has 0 saturated heterocycles. The van der Waals surface area contributed by atoms with Gasteiger partial charge in [0.1, 0.15) is 0 Å². The lowest BCUT2D eigenvalue weighted by atomic mass is 9.70. The van der Waals surface area contributed by atoms with Gasteiger partial charge in [-0.1, -0.05) is 104 Å². The largest absolute Gasteiger partial charge is 0.103 e. The van der Waals surface area contributed by atoms with E-state index in [1.165, 1.54) is 55.7 Å². The van der Waals surface area contributed by atoms with Gasteiger partial charge in [-0.15, -0.1) is 6.58 Å². The molecule has 0 nitrogen and oxygen atoms in total. The Morgan fingerprint density at radius 1 is 0.735 bits per heavy atom. The van der Waals surface area contributed by atoms with Crippen molar-refractivity contribution in [3.63, 3.8) is 0 Å². The Morgan fingerprint density at radius 2 is 1.38 bits per heavy atom. The van der Waals surface area contributed by atoms with Crippen LogP contribution in [0.3, 0.4) is 0 Å². The first-order chi connectivity index (χ1) is 16.6. The number of aryl methyl sites for hydroxylation is 2. The molecule has 0 bridgehead atoms. The standard InChI is InChI=1S/C31H28.C3H6/c1-5-11-24-22(6-2)26-16-10-17-28-25(18-19-29(24)31(26)28)27-15-9-13-21(4)30(27)23-14-8-7-12-20(23)3;1-3-2/h5-19,28,31H,2H2,1,3-4H3;3H,1H2,2H3/b11-5-;. The predicted molar refractivity (Wildman–Crippen MR) is 150 cm³/mol. The van der Waals surface area contributed by atoms with E-state index in [-0.39, 0.29) is 0 Å². The van der Waals surface area contributed by atoms with Gasteiger partial charge in [-0.05, 0) is 83.4 Å². The first-order valence-electron chi connectivity index (χ1n) is 12.1. The summed E-state index contributed by atoms with van der Waals surface area (Å²) < 4.78 is 0. The van der Waals surface area contributed by atoms with Crippen molar-refractivity contribution in [1.82, 2.24) is 0 Å². The first kappa shape index (κ1) is 23.5. The molecule has 0 spiro atoms. The van der Waals surface area contributed by atoms with Crippen LogP contribution in [0.15, 0.2) is 133 Å². The zero-order valence-electron chi connectivity index (χ0n) is 20.8. The summed E-state index contributed by atoms with van der Waals surface area (Å²) in [7, 11) is 0. The number of hydrogen-bond donors (Lipinski definition) is 0. The summed E-state index contributed by atoms with van der Waals surface area (Å²) in [5, 5.41) is 0. The average Bonchev–Trinajstić information content (AvgIpc) is 3.15. The molecule has 0 radical (unpaired) electrons. The lowest BCUT2D eigenvalue weighted by Gasteiger charge is -2.33. The van der Waals surface area contributed by atoms with E-state index in [0.717, 1.165) is 0 Å². The molecule has 0 aromatic heterocycles. The van der Waals surface area contributed by atoms with Crippen LogP contribution in [0, 0.1) is 25.7 Å². The second-order valence-electron chi connectivity index (χ2n) is 9.01. The van der Waals surface area contributed by atoms with Crippen molar-refractivity contribution in [2.45, 2.75) is 27.7 Å². The molecule has 2 atom stereocenters.